The number of ether oxygens (including phenoxy) is 1. The van der Waals surface area contributed by atoms with Crippen LogP contribution in [0, 0.1) is 6.92 Å². The van der Waals surface area contributed by atoms with Crippen molar-refractivity contribution in [3.63, 3.8) is 0 Å². The standard InChI is InChI=1S/C14H22N2O3S/c1-11-9-14(6-3-12(11)10-15)20(17,18)16(7-8-19-2)13-4-5-13/h3,6,9,13H,4-5,7-8,10,15H2,1-2H3. The van der Waals surface area contributed by atoms with Crippen LogP contribution in [0.1, 0.15) is 24.0 Å². The lowest BCUT2D eigenvalue weighted by atomic mass is 10.1. The van der Waals surface area contributed by atoms with Gasteiger partial charge in [-0.2, -0.15) is 4.31 Å². The third-order valence-corrected chi connectivity index (χ3v) is 5.56. The number of sulfonamides is 1. The van der Waals surface area contributed by atoms with E-state index in [4.69, 9.17) is 10.5 Å². The number of hydrogen-bond acceptors (Lipinski definition) is 4. The summed E-state index contributed by atoms with van der Waals surface area (Å²) in [6.45, 7) is 3.12. The maximum absolute atomic E-state index is 12.7. The quantitative estimate of drug-likeness (QED) is 0.822. The predicted molar refractivity (Wildman–Crippen MR) is 77.9 cm³/mol. The second-order valence-electron chi connectivity index (χ2n) is 5.13. The topological polar surface area (TPSA) is 72.6 Å². The normalized spacial score (nSPS) is 15.8. The van der Waals surface area contributed by atoms with E-state index in [2.05, 4.69) is 0 Å². The summed E-state index contributed by atoms with van der Waals surface area (Å²) in [6.07, 6.45) is 1.87. The van der Waals surface area contributed by atoms with Crippen molar-refractivity contribution < 1.29 is 13.2 Å². The van der Waals surface area contributed by atoms with Gasteiger partial charge in [0, 0.05) is 26.2 Å². The maximum Gasteiger partial charge on any atom is 0.243 e. The van der Waals surface area contributed by atoms with Gasteiger partial charge in [0.2, 0.25) is 10.0 Å². The molecular formula is C14H22N2O3S. The number of nitrogens with two attached hydrogens (primary N) is 1. The van der Waals surface area contributed by atoms with Crippen LogP contribution in [0.2, 0.25) is 0 Å². The summed E-state index contributed by atoms with van der Waals surface area (Å²) >= 11 is 0. The molecule has 0 radical (unpaired) electrons. The molecule has 0 unspecified atom stereocenters. The van der Waals surface area contributed by atoms with E-state index in [1.165, 1.54) is 0 Å². The molecule has 2 N–H and O–H groups in total. The average Bonchev–Trinajstić information content (AvgIpc) is 3.23. The first-order chi connectivity index (χ1) is 9.50. The Balaban J connectivity index is 2.29. The molecule has 0 amide bonds. The van der Waals surface area contributed by atoms with Gasteiger partial charge in [-0.15, -0.1) is 0 Å². The Bertz CT molecular complexity index is 568. The van der Waals surface area contributed by atoms with Gasteiger partial charge in [-0.25, -0.2) is 8.42 Å². The molecule has 1 aliphatic rings. The summed E-state index contributed by atoms with van der Waals surface area (Å²) in [7, 11) is -1.86. The number of hydrogen-bond donors (Lipinski definition) is 1. The molecule has 0 aliphatic heterocycles. The third-order valence-electron chi connectivity index (χ3n) is 3.61. The fraction of sp³-hybridized carbons (Fsp3) is 0.571. The molecule has 1 saturated carbocycles. The highest BCUT2D eigenvalue weighted by atomic mass is 32.2. The van der Waals surface area contributed by atoms with E-state index in [1.54, 1.807) is 29.6 Å². The summed E-state index contributed by atoms with van der Waals surface area (Å²) in [5.41, 5.74) is 7.50. The van der Waals surface area contributed by atoms with Crippen LogP contribution < -0.4 is 5.73 Å². The highest BCUT2D eigenvalue weighted by Crippen LogP contribution is 2.32. The van der Waals surface area contributed by atoms with Crippen LogP contribution >= 0.6 is 0 Å². The molecule has 1 fully saturated rings. The Labute approximate surface area is 120 Å². The van der Waals surface area contributed by atoms with Crippen LogP contribution in [-0.2, 0) is 21.3 Å². The Hall–Kier alpha value is -0.950. The van der Waals surface area contributed by atoms with Crippen molar-refractivity contribution in [1.29, 1.82) is 0 Å². The molecule has 20 heavy (non-hydrogen) atoms. The zero-order valence-corrected chi connectivity index (χ0v) is 12.8. The molecule has 6 heteroatoms. The van der Waals surface area contributed by atoms with Crippen molar-refractivity contribution in [3.05, 3.63) is 29.3 Å². The zero-order chi connectivity index (χ0) is 14.8. The van der Waals surface area contributed by atoms with E-state index in [1.807, 2.05) is 6.92 Å². The van der Waals surface area contributed by atoms with E-state index in [0.717, 1.165) is 24.0 Å². The molecule has 5 nitrogen and oxygen atoms in total. The van der Waals surface area contributed by atoms with Crippen LogP contribution in [-0.4, -0.2) is 39.0 Å². The van der Waals surface area contributed by atoms with Crippen LogP contribution in [0.25, 0.3) is 0 Å². The summed E-state index contributed by atoms with van der Waals surface area (Å²) < 4.78 is 32.0. The first-order valence-corrected chi connectivity index (χ1v) is 8.25. The van der Waals surface area contributed by atoms with Gasteiger partial charge in [0.1, 0.15) is 0 Å². The van der Waals surface area contributed by atoms with E-state index in [-0.39, 0.29) is 6.04 Å². The fourth-order valence-electron chi connectivity index (χ4n) is 2.24. The molecule has 0 heterocycles. The van der Waals surface area contributed by atoms with Gasteiger partial charge in [0.25, 0.3) is 0 Å². The fourth-order valence-corrected chi connectivity index (χ4v) is 3.99. The zero-order valence-electron chi connectivity index (χ0n) is 12.0. The van der Waals surface area contributed by atoms with Gasteiger partial charge in [-0.1, -0.05) is 6.07 Å². The summed E-state index contributed by atoms with van der Waals surface area (Å²) in [4.78, 5) is 0.343. The molecular weight excluding hydrogens is 276 g/mol. The Kier molecular flexibility index (Phi) is 4.80. The third kappa shape index (κ3) is 3.20. The van der Waals surface area contributed by atoms with Gasteiger partial charge in [0.05, 0.1) is 11.5 Å². The molecule has 1 aromatic carbocycles. The molecule has 0 saturated heterocycles. The smallest absolute Gasteiger partial charge is 0.243 e. The summed E-state index contributed by atoms with van der Waals surface area (Å²) in [5, 5.41) is 0. The van der Waals surface area contributed by atoms with E-state index < -0.39 is 10.0 Å². The second-order valence-corrected chi connectivity index (χ2v) is 7.02. The first kappa shape index (κ1) is 15.4. The molecule has 1 aliphatic carbocycles. The van der Waals surface area contributed by atoms with E-state index in [0.29, 0.717) is 24.6 Å². The minimum absolute atomic E-state index is 0.129. The van der Waals surface area contributed by atoms with Gasteiger partial charge in [0.15, 0.2) is 0 Å². The Morgan fingerprint density at radius 3 is 2.60 bits per heavy atom. The van der Waals surface area contributed by atoms with Crippen molar-refractivity contribution in [2.24, 2.45) is 5.73 Å². The van der Waals surface area contributed by atoms with Gasteiger partial charge < -0.3 is 10.5 Å². The average molecular weight is 298 g/mol. The predicted octanol–water partition coefficient (Wildman–Crippen LogP) is 1.25. The summed E-state index contributed by atoms with van der Waals surface area (Å²) in [5.74, 6) is 0. The van der Waals surface area contributed by atoms with Gasteiger partial charge >= 0.3 is 0 Å². The number of nitrogens with zero attached hydrogens (tertiary/aromatic N) is 1. The number of methoxy groups -OCH3 is 1. The van der Waals surface area contributed by atoms with Crippen LogP contribution in [0.3, 0.4) is 0 Å². The highest BCUT2D eigenvalue weighted by Gasteiger charge is 2.37. The lowest BCUT2D eigenvalue weighted by Gasteiger charge is -2.22. The molecule has 0 bridgehead atoms. The molecule has 0 atom stereocenters. The largest absolute Gasteiger partial charge is 0.383 e. The van der Waals surface area contributed by atoms with Crippen molar-refractivity contribution in [3.8, 4) is 0 Å². The molecule has 112 valence electrons. The van der Waals surface area contributed by atoms with Crippen molar-refractivity contribution in [2.75, 3.05) is 20.3 Å². The molecule has 2 rings (SSSR count). The van der Waals surface area contributed by atoms with Gasteiger partial charge in [-0.05, 0) is 43.0 Å². The first-order valence-electron chi connectivity index (χ1n) is 6.81. The van der Waals surface area contributed by atoms with Crippen LogP contribution in [0.15, 0.2) is 23.1 Å². The maximum atomic E-state index is 12.7. The van der Waals surface area contributed by atoms with E-state index in [9.17, 15) is 8.42 Å². The Morgan fingerprint density at radius 2 is 2.10 bits per heavy atom. The lowest BCUT2D eigenvalue weighted by Crippen LogP contribution is -2.35. The van der Waals surface area contributed by atoms with E-state index >= 15 is 0 Å². The minimum Gasteiger partial charge on any atom is -0.383 e. The molecule has 0 aromatic heterocycles. The van der Waals surface area contributed by atoms with Crippen molar-refractivity contribution >= 4 is 10.0 Å². The lowest BCUT2D eigenvalue weighted by molar-refractivity contribution is 0.177. The van der Waals surface area contributed by atoms with Crippen molar-refractivity contribution in [2.45, 2.75) is 37.2 Å². The number of aryl methyl sites for hydroxylation is 1. The SMILES string of the molecule is COCCN(C1CC1)S(=O)(=O)c1ccc(CN)c(C)c1. The second kappa shape index (κ2) is 6.22. The highest BCUT2D eigenvalue weighted by molar-refractivity contribution is 7.89. The monoisotopic (exact) mass is 298 g/mol. The van der Waals surface area contributed by atoms with Gasteiger partial charge in [-0.3, -0.25) is 0 Å². The molecule has 0 spiro atoms. The Morgan fingerprint density at radius 1 is 1.40 bits per heavy atom. The summed E-state index contributed by atoms with van der Waals surface area (Å²) in [6, 6.07) is 5.28. The van der Waals surface area contributed by atoms with Crippen LogP contribution in [0.5, 0.6) is 0 Å². The number of rotatable bonds is 7. The minimum atomic E-state index is -3.45. The molecule has 1 aromatic rings. The van der Waals surface area contributed by atoms with Crippen LogP contribution in [0.4, 0.5) is 0 Å². The van der Waals surface area contributed by atoms with Crippen molar-refractivity contribution in [1.82, 2.24) is 4.31 Å². The number of benzene rings is 1.